The van der Waals surface area contributed by atoms with E-state index in [9.17, 15) is 19.8 Å². The highest BCUT2D eigenvalue weighted by Crippen LogP contribution is 2.45. The number of aromatic carboxylic acids is 1. The summed E-state index contributed by atoms with van der Waals surface area (Å²) in [5.41, 5.74) is 1.81. The van der Waals surface area contributed by atoms with Crippen molar-refractivity contribution in [1.82, 2.24) is 9.88 Å². The van der Waals surface area contributed by atoms with E-state index < -0.39 is 17.5 Å². The first-order valence-corrected chi connectivity index (χ1v) is 10.3. The van der Waals surface area contributed by atoms with Gasteiger partial charge in [-0.25, -0.2) is 4.79 Å². The maximum atomic E-state index is 12.8. The van der Waals surface area contributed by atoms with Gasteiger partial charge in [0.1, 0.15) is 11.7 Å². The van der Waals surface area contributed by atoms with Gasteiger partial charge < -0.3 is 24.8 Å². The zero-order valence-electron chi connectivity index (χ0n) is 15.8. The number of pyridine rings is 1. The SMILES string of the molecule is COc1c(-c2cc3c(s2)C(O)CNC3)ccc2c(=O)c(C(=O)O)cn(C3CC3)c12. The van der Waals surface area contributed by atoms with Gasteiger partial charge in [0.2, 0.25) is 5.43 Å². The van der Waals surface area contributed by atoms with Gasteiger partial charge in [-0.15, -0.1) is 11.3 Å². The first-order valence-electron chi connectivity index (χ1n) is 9.50. The molecule has 1 fully saturated rings. The van der Waals surface area contributed by atoms with Crippen molar-refractivity contribution < 1.29 is 19.7 Å². The van der Waals surface area contributed by atoms with Gasteiger partial charge in [-0.2, -0.15) is 0 Å². The number of benzene rings is 1. The Bertz CT molecular complexity index is 1210. The predicted octanol–water partition coefficient (Wildman–Crippen LogP) is 2.91. The van der Waals surface area contributed by atoms with Gasteiger partial charge in [-0.3, -0.25) is 4.79 Å². The van der Waals surface area contributed by atoms with Crippen molar-refractivity contribution in [2.24, 2.45) is 0 Å². The summed E-state index contributed by atoms with van der Waals surface area (Å²) < 4.78 is 7.65. The van der Waals surface area contributed by atoms with Gasteiger partial charge >= 0.3 is 5.97 Å². The second kappa shape index (κ2) is 6.69. The van der Waals surface area contributed by atoms with E-state index >= 15 is 0 Å². The Hall–Kier alpha value is -2.68. The molecule has 2 aromatic heterocycles. The molecule has 3 heterocycles. The molecule has 3 N–H and O–H groups in total. The fourth-order valence-electron chi connectivity index (χ4n) is 4.04. The number of rotatable bonds is 4. The molecule has 150 valence electrons. The molecule has 0 bridgehead atoms. The minimum atomic E-state index is -1.22. The number of thiophene rings is 1. The van der Waals surface area contributed by atoms with E-state index in [1.807, 2.05) is 16.7 Å². The molecule has 0 saturated heterocycles. The van der Waals surface area contributed by atoms with E-state index in [2.05, 4.69) is 5.32 Å². The predicted molar refractivity (Wildman–Crippen MR) is 110 cm³/mol. The second-order valence-corrected chi connectivity index (χ2v) is 8.59. The van der Waals surface area contributed by atoms with Crippen molar-refractivity contribution in [3.63, 3.8) is 0 Å². The number of aliphatic hydroxyl groups excluding tert-OH is 1. The largest absolute Gasteiger partial charge is 0.494 e. The number of hydrogen-bond acceptors (Lipinski definition) is 6. The van der Waals surface area contributed by atoms with Crippen molar-refractivity contribution in [2.45, 2.75) is 31.5 Å². The molecule has 5 rings (SSSR count). The number of methoxy groups -OCH3 is 1. The zero-order chi connectivity index (χ0) is 20.3. The van der Waals surface area contributed by atoms with Gasteiger partial charge in [0.05, 0.1) is 18.0 Å². The molecular formula is C21H20N2O5S. The fraction of sp³-hybridized carbons (Fsp3) is 0.333. The Balaban J connectivity index is 1.79. The first-order chi connectivity index (χ1) is 14.0. The molecule has 1 aliphatic carbocycles. The van der Waals surface area contributed by atoms with Crippen LogP contribution in [-0.4, -0.2) is 34.4 Å². The smallest absolute Gasteiger partial charge is 0.341 e. The van der Waals surface area contributed by atoms with Crippen molar-refractivity contribution >= 4 is 28.2 Å². The molecule has 2 aliphatic rings. The number of ether oxygens (including phenoxy) is 1. The minimum absolute atomic E-state index is 0.169. The number of hydrogen-bond donors (Lipinski definition) is 3. The molecule has 1 saturated carbocycles. The number of aromatic nitrogens is 1. The number of carbonyl (C=O) groups is 1. The van der Waals surface area contributed by atoms with Crippen molar-refractivity contribution in [2.75, 3.05) is 13.7 Å². The van der Waals surface area contributed by atoms with Gasteiger partial charge in [-0.1, -0.05) is 0 Å². The average molecular weight is 412 g/mol. The number of carboxylic acid groups (broad SMARTS) is 1. The van der Waals surface area contributed by atoms with Crippen LogP contribution in [-0.2, 0) is 6.54 Å². The maximum Gasteiger partial charge on any atom is 0.341 e. The van der Waals surface area contributed by atoms with Gasteiger partial charge in [-0.05, 0) is 36.6 Å². The summed E-state index contributed by atoms with van der Waals surface area (Å²) >= 11 is 1.53. The fourth-order valence-corrected chi connectivity index (χ4v) is 5.23. The lowest BCUT2D eigenvalue weighted by Gasteiger charge is -2.17. The highest BCUT2D eigenvalue weighted by molar-refractivity contribution is 7.15. The number of fused-ring (bicyclic) bond motifs is 2. The summed E-state index contributed by atoms with van der Waals surface area (Å²) in [6, 6.07) is 5.71. The summed E-state index contributed by atoms with van der Waals surface area (Å²) in [7, 11) is 1.56. The minimum Gasteiger partial charge on any atom is -0.494 e. The third-order valence-electron chi connectivity index (χ3n) is 5.58. The van der Waals surface area contributed by atoms with Crippen LogP contribution in [0.15, 0.2) is 29.2 Å². The van der Waals surface area contributed by atoms with Gasteiger partial charge in [0.25, 0.3) is 0 Å². The molecule has 3 aromatic rings. The number of carboxylic acids is 1. The molecule has 1 aromatic carbocycles. The van der Waals surface area contributed by atoms with Crippen LogP contribution in [0.3, 0.4) is 0 Å². The molecule has 1 unspecified atom stereocenters. The monoisotopic (exact) mass is 412 g/mol. The normalized spacial score (nSPS) is 18.6. The Morgan fingerprint density at radius 3 is 2.79 bits per heavy atom. The summed E-state index contributed by atoms with van der Waals surface area (Å²) in [6.07, 6.45) is 2.79. The average Bonchev–Trinajstić information content (AvgIpc) is 3.45. The summed E-state index contributed by atoms with van der Waals surface area (Å²) in [6.45, 7) is 1.23. The maximum absolute atomic E-state index is 12.8. The summed E-state index contributed by atoms with van der Waals surface area (Å²) in [5, 5.41) is 23.3. The van der Waals surface area contributed by atoms with Crippen molar-refractivity contribution in [1.29, 1.82) is 0 Å². The molecule has 0 amide bonds. The van der Waals surface area contributed by atoms with Crippen LogP contribution in [0.4, 0.5) is 0 Å². The van der Waals surface area contributed by atoms with E-state index in [1.54, 1.807) is 13.2 Å². The third kappa shape index (κ3) is 2.87. The molecular weight excluding hydrogens is 392 g/mol. The lowest BCUT2D eigenvalue weighted by Crippen LogP contribution is -2.26. The molecule has 0 radical (unpaired) electrons. The van der Waals surface area contributed by atoms with Crippen molar-refractivity contribution in [3.05, 3.63) is 50.6 Å². The quantitative estimate of drug-likeness (QED) is 0.609. The Morgan fingerprint density at radius 2 is 2.14 bits per heavy atom. The van der Waals surface area contributed by atoms with Crippen LogP contribution in [0.25, 0.3) is 21.3 Å². The van der Waals surface area contributed by atoms with Crippen LogP contribution in [0, 0.1) is 0 Å². The Labute approximate surface area is 170 Å². The number of aliphatic hydroxyl groups is 1. The second-order valence-electron chi connectivity index (χ2n) is 7.50. The first kappa shape index (κ1) is 18.4. The summed E-state index contributed by atoms with van der Waals surface area (Å²) in [5.74, 6) is -0.661. The summed E-state index contributed by atoms with van der Waals surface area (Å²) in [4.78, 5) is 26.3. The molecule has 0 spiro atoms. The van der Waals surface area contributed by atoms with E-state index in [4.69, 9.17) is 4.74 Å². The number of β-amino-alcohol motifs (C(OH)–C–C–N with tert-alkyl or cyclic N) is 1. The molecule has 8 heteroatoms. The Kier molecular flexibility index (Phi) is 4.23. The van der Waals surface area contributed by atoms with E-state index in [1.165, 1.54) is 17.5 Å². The van der Waals surface area contributed by atoms with Crippen LogP contribution in [0.2, 0.25) is 0 Å². The van der Waals surface area contributed by atoms with E-state index in [-0.39, 0.29) is 11.6 Å². The zero-order valence-corrected chi connectivity index (χ0v) is 16.6. The highest BCUT2D eigenvalue weighted by Gasteiger charge is 2.30. The lowest BCUT2D eigenvalue weighted by molar-refractivity contribution is 0.0695. The molecule has 29 heavy (non-hydrogen) atoms. The Morgan fingerprint density at radius 1 is 1.34 bits per heavy atom. The van der Waals surface area contributed by atoms with E-state index in [0.29, 0.717) is 29.7 Å². The number of nitrogens with one attached hydrogen (secondary N) is 1. The molecule has 1 aliphatic heterocycles. The van der Waals surface area contributed by atoms with Gasteiger partial charge in [0, 0.05) is 40.6 Å². The van der Waals surface area contributed by atoms with Crippen LogP contribution in [0.1, 0.15) is 45.8 Å². The van der Waals surface area contributed by atoms with Crippen LogP contribution in [0.5, 0.6) is 5.75 Å². The lowest BCUT2D eigenvalue weighted by atomic mass is 10.0. The van der Waals surface area contributed by atoms with Crippen LogP contribution < -0.4 is 15.5 Å². The topological polar surface area (TPSA) is 101 Å². The van der Waals surface area contributed by atoms with E-state index in [0.717, 1.165) is 33.7 Å². The third-order valence-corrected chi connectivity index (χ3v) is 6.90. The number of nitrogens with zero attached hydrogens (tertiary/aromatic N) is 1. The molecule has 7 nitrogen and oxygen atoms in total. The van der Waals surface area contributed by atoms with Crippen molar-refractivity contribution in [3.8, 4) is 16.2 Å². The van der Waals surface area contributed by atoms with Gasteiger partial charge in [0.15, 0.2) is 5.75 Å². The standard InChI is InChI=1S/C21H20N2O5S/c1-28-19-12(16-6-10-7-22-8-15(24)20(10)29-16)4-5-13-17(19)23(11-2-3-11)9-14(18(13)25)21(26)27/h4-6,9,11,15,22,24H,2-3,7-8H2,1H3,(H,26,27). The van der Waals surface area contributed by atoms with Crippen LogP contribution >= 0.6 is 11.3 Å². The highest BCUT2D eigenvalue weighted by atomic mass is 32.1. The molecule has 1 atom stereocenters.